The summed E-state index contributed by atoms with van der Waals surface area (Å²) in [6, 6.07) is 13.6. The van der Waals surface area contributed by atoms with Gasteiger partial charge in [0.15, 0.2) is 11.7 Å². The van der Waals surface area contributed by atoms with E-state index >= 15 is 0 Å². The van der Waals surface area contributed by atoms with Gasteiger partial charge in [0.2, 0.25) is 5.91 Å². The Hall–Kier alpha value is -3.98. The Morgan fingerprint density at radius 1 is 1.06 bits per heavy atom. The third-order valence-electron chi connectivity index (χ3n) is 4.15. The van der Waals surface area contributed by atoms with E-state index in [1.807, 2.05) is 19.1 Å². The van der Waals surface area contributed by atoms with Crippen LogP contribution in [0, 0.1) is 6.92 Å². The number of rotatable bonds is 8. The molecule has 0 atom stereocenters. The van der Waals surface area contributed by atoms with Crippen molar-refractivity contribution in [3.63, 3.8) is 0 Å². The molecule has 2 amide bonds. The standard InChI is InChI=1S/C23H21N3O5S/c1-15-14-32-23(24-15)26-21(28)13-31-22(29)18-5-3-4-6-19(18)25-20(27)12-9-16-7-10-17(30-2)11-8-16/h3-12,14H,13H2,1-2H3,(H,25,27)(H,24,26,28)/b12-9+. The molecule has 0 spiro atoms. The van der Waals surface area contributed by atoms with Crippen molar-refractivity contribution in [1.29, 1.82) is 0 Å². The van der Waals surface area contributed by atoms with Gasteiger partial charge in [-0.1, -0.05) is 24.3 Å². The van der Waals surface area contributed by atoms with Crippen molar-refractivity contribution in [3.8, 4) is 5.75 Å². The van der Waals surface area contributed by atoms with Gasteiger partial charge >= 0.3 is 5.97 Å². The Labute approximate surface area is 188 Å². The van der Waals surface area contributed by atoms with Crippen molar-refractivity contribution >= 4 is 46.0 Å². The summed E-state index contributed by atoms with van der Waals surface area (Å²) >= 11 is 1.28. The van der Waals surface area contributed by atoms with Gasteiger partial charge in [0.05, 0.1) is 24.1 Å². The lowest BCUT2D eigenvalue weighted by atomic mass is 10.1. The number of hydrogen-bond donors (Lipinski definition) is 2. The van der Waals surface area contributed by atoms with Crippen LogP contribution in [0.5, 0.6) is 5.75 Å². The highest BCUT2D eigenvalue weighted by Gasteiger charge is 2.16. The molecule has 1 aromatic heterocycles. The van der Waals surface area contributed by atoms with Crippen molar-refractivity contribution in [3.05, 3.63) is 76.8 Å². The van der Waals surface area contributed by atoms with Crippen LogP contribution in [-0.4, -0.2) is 36.5 Å². The zero-order valence-electron chi connectivity index (χ0n) is 17.5. The van der Waals surface area contributed by atoms with Gasteiger partial charge in [-0.15, -0.1) is 11.3 Å². The van der Waals surface area contributed by atoms with Gasteiger partial charge in [-0.05, 0) is 42.8 Å². The fourth-order valence-corrected chi connectivity index (χ4v) is 3.31. The molecule has 0 aliphatic carbocycles. The highest BCUT2D eigenvalue weighted by molar-refractivity contribution is 7.13. The third kappa shape index (κ3) is 6.51. The monoisotopic (exact) mass is 451 g/mol. The topological polar surface area (TPSA) is 107 Å². The predicted molar refractivity (Wildman–Crippen MR) is 123 cm³/mol. The maximum absolute atomic E-state index is 12.5. The number of ether oxygens (including phenoxy) is 2. The highest BCUT2D eigenvalue weighted by Crippen LogP contribution is 2.18. The number of para-hydroxylation sites is 1. The summed E-state index contributed by atoms with van der Waals surface area (Å²) < 4.78 is 10.2. The van der Waals surface area contributed by atoms with E-state index in [0.717, 1.165) is 17.0 Å². The summed E-state index contributed by atoms with van der Waals surface area (Å²) in [5.74, 6) is -0.936. The molecule has 0 aliphatic heterocycles. The summed E-state index contributed by atoms with van der Waals surface area (Å²) in [5.41, 5.74) is 2.01. The van der Waals surface area contributed by atoms with E-state index in [1.54, 1.807) is 48.9 Å². The Kier molecular flexibility index (Phi) is 7.71. The average molecular weight is 452 g/mol. The summed E-state index contributed by atoms with van der Waals surface area (Å²) in [6.45, 7) is 1.33. The molecule has 0 unspecified atom stereocenters. The molecule has 0 bridgehead atoms. The zero-order valence-corrected chi connectivity index (χ0v) is 18.3. The number of anilines is 2. The summed E-state index contributed by atoms with van der Waals surface area (Å²) in [4.78, 5) is 40.9. The molecule has 32 heavy (non-hydrogen) atoms. The van der Waals surface area contributed by atoms with E-state index in [9.17, 15) is 14.4 Å². The van der Waals surface area contributed by atoms with Crippen LogP contribution in [-0.2, 0) is 14.3 Å². The molecule has 3 rings (SSSR count). The minimum Gasteiger partial charge on any atom is -0.497 e. The van der Waals surface area contributed by atoms with Crippen molar-refractivity contribution in [2.24, 2.45) is 0 Å². The van der Waals surface area contributed by atoms with E-state index in [-0.39, 0.29) is 11.3 Å². The molecule has 2 aromatic carbocycles. The second-order valence-corrected chi connectivity index (χ2v) is 7.42. The molecule has 0 fully saturated rings. The zero-order chi connectivity index (χ0) is 22.9. The molecule has 0 saturated heterocycles. The number of thiazole rings is 1. The maximum atomic E-state index is 12.5. The fourth-order valence-electron chi connectivity index (χ4n) is 2.61. The molecule has 9 heteroatoms. The SMILES string of the molecule is COc1ccc(/C=C/C(=O)Nc2ccccc2C(=O)OCC(=O)Nc2nc(C)cs2)cc1. The molecule has 1 heterocycles. The second-order valence-electron chi connectivity index (χ2n) is 6.56. The Morgan fingerprint density at radius 2 is 1.81 bits per heavy atom. The van der Waals surface area contributed by atoms with Gasteiger partial charge in [-0.25, -0.2) is 9.78 Å². The number of benzene rings is 2. The van der Waals surface area contributed by atoms with Crippen LogP contribution in [0.2, 0.25) is 0 Å². The van der Waals surface area contributed by atoms with E-state index in [2.05, 4.69) is 15.6 Å². The fraction of sp³-hybridized carbons (Fsp3) is 0.130. The van der Waals surface area contributed by atoms with E-state index in [0.29, 0.717) is 5.13 Å². The van der Waals surface area contributed by atoms with Crippen molar-refractivity contribution in [1.82, 2.24) is 4.98 Å². The molecule has 8 nitrogen and oxygen atoms in total. The first-order valence-electron chi connectivity index (χ1n) is 9.56. The normalized spacial score (nSPS) is 10.6. The first-order valence-corrected chi connectivity index (χ1v) is 10.4. The number of carbonyl (C=O) groups is 3. The maximum Gasteiger partial charge on any atom is 0.340 e. The first kappa shape index (κ1) is 22.7. The minimum atomic E-state index is -0.731. The quantitative estimate of drug-likeness (QED) is 0.397. The van der Waals surface area contributed by atoms with Crippen LogP contribution in [0.4, 0.5) is 10.8 Å². The lowest BCUT2D eigenvalue weighted by Gasteiger charge is -2.10. The number of nitrogens with one attached hydrogen (secondary N) is 2. The van der Waals surface area contributed by atoms with Gasteiger partial charge in [-0.2, -0.15) is 0 Å². The largest absolute Gasteiger partial charge is 0.497 e. The molecular weight excluding hydrogens is 430 g/mol. The Balaban J connectivity index is 1.57. The highest BCUT2D eigenvalue weighted by atomic mass is 32.1. The predicted octanol–water partition coefficient (Wildman–Crippen LogP) is 3.91. The van der Waals surface area contributed by atoms with Crippen LogP contribution in [0.1, 0.15) is 21.6 Å². The van der Waals surface area contributed by atoms with Crippen LogP contribution >= 0.6 is 11.3 Å². The summed E-state index contributed by atoms with van der Waals surface area (Å²) in [6.07, 6.45) is 2.99. The number of hydrogen-bond acceptors (Lipinski definition) is 7. The van der Waals surface area contributed by atoms with Crippen LogP contribution in [0.15, 0.2) is 60.0 Å². The van der Waals surface area contributed by atoms with Crippen LogP contribution < -0.4 is 15.4 Å². The molecule has 0 radical (unpaired) electrons. The Morgan fingerprint density at radius 3 is 2.50 bits per heavy atom. The third-order valence-corrected chi connectivity index (χ3v) is 5.02. The second kappa shape index (κ2) is 10.9. The summed E-state index contributed by atoms with van der Waals surface area (Å²) in [5, 5.41) is 7.44. The van der Waals surface area contributed by atoms with Crippen molar-refractivity contribution < 1.29 is 23.9 Å². The summed E-state index contributed by atoms with van der Waals surface area (Å²) in [7, 11) is 1.58. The van der Waals surface area contributed by atoms with E-state index in [4.69, 9.17) is 9.47 Å². The molecular formula is C23H21N3O5S. The van der Waals surface area contributed by atoms with E-state index in [1.165, 1.54) is 23.5 Å². The molecule has 0 aliphatic rings. The van der Waals surface area contributed by atoms with Crippen molar-refractivity contribution in [2.75, 3.05) is 24.4 Å². The molecule has 3 aromatic rings. The molecule has 2 N–H and O–H groups in total. The van der Waals surface area contributed by atoms with Gasteiger partial charge in [0.25, 0.3) is 5.91 Å². The number of esters is 1. The Bertz CT molecular complexity index is 1140. The molecule has 0 saturated carbocycles. The van der Waals surface area contributed by atoms with Crippen LogP contribution in [0.25, 0.3) is 6.08 Å². The number of nitrogens with zero attached hydrogens (tertiary/aromatic N) is 1. The minimum absolute atomic E-state index is 0.136. The van der Waals surface area contributed by atoms with E-state index < -0.39 is 24.4 Å². The van der Waals surface area contributed by atoms with Gasteiger partial charge in [-0.3, -0.25) is 14.9 Å². The smallest absolute Gasteiger partial charge is 0.340 e. The van der Waals surface area contributed by atoms with Gasteiger partial charge in [0, 0.05) is 11.5 Å². The average Bonchev–Trinajstić information content (AvgIpc) is 3.21. The lowest BCUT2D eigenvalue weighted by molar-refractivity contribution is -0.119. The lowest BCUT2D eigenvalue weighted by Crippen LogP contribution is -2.21. The first-order chi connectivity index (χ1) is 15.4. The van der Waals surface area contributed by atoms with Crippen LogP contribution in [0.3, 0.4) is 0 Å². The number of methoxy groups -OCH3 is 1. The van der Waals surface area contributed by atoms with Gasteiger partial charge < -0.3 is 14.8 Å². The number of aromatic nitrogens is 1. The number of carbonyl (C=O) groups excluding carboxylic acids is 3. The number of amides is 2. The van der Waals surface area contributed by atoms with Crippen molar-refractivity contribution in [2.45, 2.75) is 6.92 Å². The number of aryl methyl sites for hydroxylation is 1. The molecule has 164 valence electrons. The van der Waals surface area contributed by atoms with Gasteiger partial charge in [0.1, 0.15) is 5.75 Å².